The van der Waals surface area contributed by atoms with Crippen LogP contribution in [0.3, 0.4) is 0 Å². The fraction of sp³-hybridized carbons (Fsp3) is 0.421. The summed E-state index contributed by atoms with van der Waals surface area (Å²) in [6, 6.07) is 13.4. The van der Waals surface area contributed by atoms with E-state index in [2.05, 4.69) is 14.9 Å². The number of rotatable bonds is 8. The Morgan fingerprint density at radius 3 is 2.52 bits per heavy atom. The second-order valence-corrected chi connectivity index (χ2v) is 9.81. The third kappa shape index (κ3) is 5.38. The van der Waals surface area contributed by atoms with Gasteiger partial charge in [-0.25, -0.2) is 13.1 Å². The van der Waals surface area contributed by atoms with E-state index in [1.165, 1.54) is 18.3 Å². The minimum atomic E-state index is -3.58. The summed E-state index contributed by atoms with van der Waals surface area (Å²) in [6.45, 7) is 4.10. The smallest absolute Gasteiger partial charge is 0.250 e. The van der Waals surface area contributed by atoms with E-state index >= 15 is 0 Å². The predicted octanol–water partition coefficient (Wildman–Crippen LogP) is 2.50. The van der Waals surface area contributed by atoms with E-state index in [1.54, 1.807) is 12.1 Å². The largest absolute Gasteiger partial charge is 0.351 e. The van der Waals surface area contributed by atoms with Crippen LogP contribution in [0.15, 0.2) is 46.7 Å². The monoisotopic (exact) mass is 407 g/mol. The van der Waals surface area contributed by atoms with Crippen LogP contribution in [0.2, 0.25) is 0 Å². The molecule has 1 saturated heterocycles. The maximum absolute atomic E-state index is 12.7. The number of likely N-dealkylation sites (tertiary alicyclic amines) is 1. The summed E-state index contributed by atoms with van der Waals surface area (Å²) >= 11 is 1.18. The average Bonchev–Trinajstić information content (AvgIpc) is 3.33. The van der Waals surface area contributed by atoms with Gasteiger partial charge in [0.2, 0.25) is 15.9 Å². The Morgan fingerprint density at radius 1 is 1.15 bits per heavy atom. The van der Waals surface area contributed by atoms with Crippen LogP contribution in [0.25, 0.3) is 0 Å². The first-order valence-electron chi connectivity index (χ1n) is 9.07. The summed E-state index contributed by atoms with van der Waals surface area (Å²) in [5, 5.41) is 2.68. The van der Waals surface area contributed by atoms with E-state index in [-0.39, 0.29) is 16.2 Å². The van der Waals surface area contributed by atoms with Crippen molar-refractivity contribution in [3.63, 3.8) is 0 Å². The molecule has 0 saturated carbocycles. The van der Waals surface area contributed by atoms with Crippen LogP contribution >= 0.6 is 11.3 Å². The summed E-state index contributed by atoms with van der Waals surface area (Å²) in [6.07, 6.45) is 2.29. The van der Waals surface area contributed by atoms with Gasteiger partial charge < -0.3 is 5.32 Å². The molecule has 1 atom stereocenters. The molecule has 6 nitrogen and oxygen atoms in total. The van der Waals surface area contributed by atoms with Crippen molar-refractivity contribution >= 4 is 27.3 Å². The molecule has 1 fully saturated rings. The lowest BCUT2D eigenvalue weighted by molar-refractivity contribution is -0.119. The molecule has 8 heteroatoms. The Morgan fingerprint density at radius 2 is 1.85 bits per heavy atom. The zero-order valence-corrected chi connectivity index (χ0v) is 17.0. The van der Waals surface area contributed by atoms with Crippen LogP contribution in [-0.2, 0) is 21.4 Å². The SMILES string of the molecule is CC(=O)NCc1ccc(S(=O)(=O)NCC(c2ccccc2)N2CCCC2)s1. The van der Waals surface area contributed by atoms with Crippen molar-refractivity contribution in [3.05, 3.63) is 52.9 Å². The highest BCUT2D eigenvalue weighted by Crippen LogP contribution is 2.26. The molecule has 2 N–H and O–H groups in total. The number of carbonyl (C=O) groups excluding carboxylic acids is 1. The predicted molar refractivity (Wildman–Crippen MR) is 107 cm³/mol. The molecular formula is C19H25N3O3S2. The van der Waals surface area contributed by atoms with Crippen LogP contribution in [0.1, 0.15) is 36.2 Å². The standard InChI is InChI=1S/C19H25N3O3S2/c1-15(23)20-13-17-9-10-19(26-17)27(24,25)21-14-18(22-11-5-6-12-22)16-7-3-2-4-8-16/h2-4,7-10,18,21H,5-6,11-14H2,1H3,(H,20,23). The molecule has 0 spiro atoms. The molecule has 0 radical (unpaired) electrons. The highest BCUT2D eigenvalue weighted by molar-refractivity contribution is 7.91. The molecule has 1 aromatic heterocycles. The zero-order valence-electron chi connectivity index (χ0n) is 15.3. The summed E-state index contributed by atoms with van der Waals surface area (Å²) < 4.78 is 28.5. The third-order valence-electron chi connectivity index (χ3n) is 4.65. The molecule has 1 aliphatic rings. The molecule has 3 rings (SSSR count). The lowest BCUT2D eigenvalue weighted by atomic mass is 10.1. The summed E-state index contributed by atoms with van der Waals surface area (Å²) in [5.74, 6) is -0.137. The fourth-order valence-electron chi connectivity index (χ4n) is 3.26. The molecule has 0 bridgehead atoms. The number of carbonyl (C=O) groups is 1. The van der Waals surface area contributed by atoms with Gasteiger partial charge in [-0.3, -0.25) is 9.69 Å². The highest BCUT2D eigenvalue weighted by Gasteiger charge is 2.26. The van der Waals surface area contributed by atoms with Gasteiger partial charge in [0.25, 0.3) is 0 Å². The molecule has 1 aromatic carbocycles. The van der Waals surface area contributed by atoms with Crippen LogP contribution in [0.5, 0.6) is 0 Å². The molecule has 0 aliphatic carbocycles. The Balaban J connectivity index is 1.69. The third-order valence-corrected chi connectivity index (χ3v) is 7.65. The van der Waals surface area contributed by atoms with E-state index in [0.29, 0.717) is 13.1 Å². The first-order valence-corrected chi connectivity index (χ1v) is 11.4. The van der Waals surface area contributed by atoms with Crippen LogP contribution in [0.4, 0.5) is 0 Å². The van der Waals surface area contributed by atoms with Gasteiger partial charge in [-0.15, -0.1) is 11.3 Å². The van der Waals surface area contributed by atoms with Crippen LogP contribution in [0, 0.1) is 0 Å². The Kier molecular flexibility index (Phi) is 6.64. The molecule has 1 amide bonds. The van der Waals surface area contributed by atoms with Gasteiger partial charge >= 0.3 is 0 Å². The van der Waals surface area contributed by atoms with E-state index in [4.69, 9.17) is 0 Å². The van der Waals surface area contributed by atoms with Crippen molar-refractivity contribution in [1.29, 1.82) is 0 Å². The van der Waals surface area contributed by atoms with Gasteiger partial charge in [-0.1, -0.05) is 30.3 Å². The van der Waals surface area contributed by atoms with Crippen LogP contribution in [-0.4, -0.2) is 38.9 Å². The second-order valence-electron chi connectivity index (χ2n) is 6.65. The molecule has 2 aromatic rings. The molecule has 1 aliphatic heterocycles. The number of thiophene rings is 1. The molecular weight excluding hydrogens is 382 g/mol. The lowest BCUT2D eigenvalue weighted by Crippen LogP contribution is -2.36. The molecule has 2 heterocycles. The number of benzene rings is 1. The van der Waals surface area contributed by atoms with E-state index in [9.17, 15) is 13.2 Å². The molecule has 146 valence electrons. The number of sulfonamides is 1. The van der Waals surface area contributed by atoms with Crippen molar-refractivity contribution in [2.75, 3.05) is 19.6 Å². The minimum Gasteiger partial charge on any atom is -0.351 e. The number of hydrogen-bond donors (Lipinski definition) is 2. The minimum absolute atomic E-state index is 0.0299. The van der Waals surface area contributed by atoms with Crippen molar-refractivity contribution in [1.82, 2.24) is 14.9 Å². The normalized spacial score (nSPS) is 16.3. The van der Waals surface area contributed by atoms with E-state index in [1.807, 2.05) is 30.3 Å². The quantitative estimate of drug-likeness (QED) is 0.705. The van der Waals surface area contributed by atoms with Gasteiger partial charge in [0, 0.05) is 24.4 Å². The first kappa shape index (κ1) is 20.0. The lowest BCUT2D eigenvalue weighted by Gasteiger charge is -2.28. The summed E-state index contributed by atoms with van der Waals surface area (Å²) in [4.78, 5) is 14.2. The first-order chi connectivity index (χ1) is 13.0. The maximum Gasteiger partial charge on any atom is 0.250 e. The van der Waals surface area contributed by atoms with Gasteiger partial charge in [0.15, 0.2) is 0 Å². The number of nitrogens with one attached hydrogen (secondary N) is 2. The Hall–Kier alpha value is -1.74. The average molecular weight is 408 g/mol. The van der Waals surface area contributed by atoms with Crippen molar-refractivity contribution < 1.29 is 13.2 Å². The van der Waals surface area contributed by atoms with Crippen molar-refractivity contribution in [2.24, 2.45) is 0 Å². The number of nitrogens with zero attached hydrogens (tertiary/aromatic N) is 1. The fourth-order valence-corrected chi connectivity index (χ4v) is 5.63. The topological polar surface area (TPSA) is 78.5 Å². The second kappa shape index (κ2) is 8.97. The Bertz CT molecular complexity index is 859. The number of amides is 1. The van der Waals surface area contributed by atoms with Gasteiger partial charge in [0.1, 0.15) is 4.21 Å². The van der Waals surface area contributed by atoms with Gasteiger partial charge in [-0.2, -0.15) is 0 Å². The van der Waals surface area contributed by atoms with Gasteiger partial charge in [-0.05, 0) is 43.6 Å². The van der Waals surface area contributed by atoms with E-state index < -0.39 is 10.0 Å². The Labute approximate surface area is 164 Å². The molecule has 1 unspecified atom stereocenters. The highest BCUT2D eigenvalue weighted by atomic mass is 32.2. The maximum atomic E-state index is 12.7. The van der Waals surface area contributed by atoms with Crippen molar-refractivity contribution in [2.45, 2.75) is 36.6 Å². The van der Waals surface area contributed by atoms with Gasteiger partial charge in [0.05, 0.1) is 6.54 Å². The zero-order chi connectivity index (χ0) is 19.3. The van der Waals surface area contributed by atoms with E-state index in [0.717, 1.165) is 36.4 Å². The van der Waals surface area contributed by atoms with Crippen molar-refractivity contribution in [3.8, 4) is 0 Å². The van der Waals surface area contributed by atoms with Crippen LogP contribution < -0.4 is 10.0 Å². The summed E-state index contributed by atoms with van der Waals surface area (Å²) in [7, 11) is -3.58. The molecule has 27 heavy (non-hydrogen) atoms. The number of hydrogen-bond acceptors (Lipinski definition) is 5. The summed E-state index contributed by atoms with van der Waals surface area (Å²) in [5.41, 5.74) is 1.12.